The maximum atomic E-state index is 10.8. The lowest BCUT2D eigenvalue weighted by atomic mass is 9.48. The highest BCUT2D eigenvalue weighted by Crippen LogP contribution is 2.58. The number of nitrogens with two attached hydrogens (primary N) is 1. The minimum atomic E-state index is -0.681. The van der Waals surface area contributed by atoms with E-state index in [1.165, 1.54) is 25.7 Å². The summed E-state index contributed by atoms with van der Waals surface area (Å²) in [6.07, 6.45) is 6.43. The van der Waals surface area contributed by atoms with Crippen LogP contribution in [0, 0.1) is 17.3 Å². The van der Waals surface area contributed by atoms with E-state index in [0.29, 0.717) is 12.5 Å². The van der Waals surface area contributed by atoms with Gasteiger partial charge in [-0.25, -0.2) is 0 Å². The number of hydrogen-bond donors (Lipinski definition) is 2. The normalized spacial score (nSPS) is 38.5. The number of hydrogen-bond acceptors (Lipinski definition) is 2. The van der Waals surface area contributed by atoms with Crippen LogP contribution in [0.4, 0.5) is 0 Å². The van der Waals surface area contributed by atoms with Crippen LogP contribution in [0.3, 0.4) is 0 Å². The van der Waals surface area contributed by atoms with Crippen LogP contribution in [0.1, 0.15) is 38.5 Å². The average Bonchev–Trinajstić information content (AvgIpc) is 2.13. The number of halogens is 1. The maximum Gasteiger partial charge on any atom is 0.303 e. The summed E-state index contributed by atoms with van der Waals surface area (Å²) < 4.78 is 0. The zero-order valence-electron chi connectivity index (χ0n) is 8.95. The number of rotatable bonds is 3. The Hall–Kier alpha value is -0.280. The molecule has 88 valence electrons. The van der Waals surface area contributed by atoms with E-state index in [1.54, 1.807) is 0 Å². The molecule has 0 radical (unpaired) electrons. The second-order valence-corrected chi connectivity index (χ2v) is 4.99. The SMILES string of the molecule is Cl.NCC1(CC(=O)O)CC2CCCCC21. The molecule has 0 bridgehead atoms. The van der Waals surface area contributed by atoms with Crippen LogP contribution < -0.4 is 5.73 Å². The molecule has 3 atom stereocenters. The van der Waals surface area contributed by atoms with Gasteiger partial charge in [0.25, 0.3) is 0 Å². The quantitative estimate of drug-likeness (QED) is 0.784. The van der Waals surface area contributed by atoms with Gasteiger partial charge in [0.1, 0.15) is 0 Å². The highest BCUT2D eigenvalue weighted by atomic mass is 35.5. The van der Waals surface area contributed by atoms with Crippen molar-refractivity contribution in [2.75, 3.05) is 6.54 Å². The van der Waals surface area contributed by atoms with Crippen molar-refractivity contribution >= 4 is 18.4 Å². The van der Waals surface area contributed by atoms with Crippen molar-refractivity contribution in [2.45, 2.75) is 38.5 Å². The predicted molar refractivity (Wildman–Crippen MR) is 61.1 cm³/mol. The Balaban J connectivity index is 0.00000112. The van der Waals surface area contributed by atoms with Gasteiger partial charge in [-0.15, -0.1) is 12.4 Å². The summed E-state index contributed by atoms with van der Waals surface area (Å²) in [5, 5.41) is 8.88. The van der Waals surface area contributed by atoms with Gasteiger partial charge in [-0.05, 0) is 36.6 Å². The first-order valence-electron chi connectivity index (χ1n) is 5.60. The Morgan fingerprint density at radius 2 is 2.07 bits per heavy atom. The zero-order chi connectivity index (χ0) is 10.2. The molecule has 15 heavy (non-hydrogen) atoms. The zero-order valence-corrected chi connectivity index (χ0v) is 9.76. The fourth-order valence-electron chi connectivity index (χ4n) is 3.58. The van der Waals surface area contributed by atoms with E-state index in [1.807, 2.05) is 0 Å². The van der Waals surface area contributed by atoms with Gasteiger partial charge < -0.3 is 10.8 Å². The van der Waals surface area contributed by atoms with E-state index < -0.39 is 5.97 Å². The Kier molecular flexibility index (Phi) is 4.01. The highest BCUT2D eigenvalue weighted by molar-refractivity contribution is 5.85. The van der Waals surface area contributed by atoms with E-state index >= 15 is 0 Å². The molecule has 2 fully saturated rings. The molecule has 0 spiro atoms. The molecule has 0 aromatic heterocycles. The number of aliphatic carboxylic acids is 1. The van der Waals surface area contributed by atoms with E-state index in [0.717, 1.165) is 12.3 Å². The molecule has 0 amide bonds. The number of carboxylic acids is 1. The van der Waals surface area contributed by atoms with E-state index in [9.17, 15) is 4.79 Å². The smallest absolute Gasteiger partial charge is 0.303 e. The molecule has 2 rings (SSSR count). The number of carboxylic acid groups (broad SMARTS) is 1. The first kappa shape index (κ1) is 12.8. The minimum Gasteiger partial charge on any atom is -0.481 e. The summed E-state index contributed by atoms with van der Waals surface area (Å²) in [6.45, 7) is 0.556. The predicted octanol–water partition coefficient (Wildman–Crippen LogP) is 2.04. The molecule has 2 saturated carbocycles. The third-order valence-electron chi connectivity index (χ3n) is 4.27. The third-order valence-corrected chi connectivity index (χ3v) is 4.27. The van der Waals surface area contributed by atoms with E-state index in [2.05, 4.69) is 0 Å². The Morgan fingerprint density at radius 1 is 1.40 bits per heavy atom. The summed E-state index contributed by atoms with van der Waals surface area (Å²) in [7, 11) is 0. The van der Waals surface area contributed by atoms with Gasteiger partial charge in [0.05, 0.1) is 6.42 Å². The fraction of sp³-hybridized carbons (Fsp3) is 0.909. The molecule has 3 N–H and O–H groups in total. The first-order chi connectivity index (χ1) is 6.68. The molecule has 0 aromatic carbocycles. The summed E-state index contributed by atoms with van der Waals surface area (Å²) in [6, 6.07) is 0. The van der Waals surface area contributed by atoms with Crippen LogP contribution in [-0.2, 0) is 4.79 Å². The van der Waals surface area contributed by atoms with Crippen LogP contribution in [-0.4, -0.2) is 17.6 Å². The molecule has 4 heteroatoms. The molecule has 3 nitrogen and oxygen atoms in total. The largest absolute Gasteiger partial charge is 0.481 e. The topological polar surface area (TPSA) is 63.3 Å². The van der Waals surface area contributed by atoms with Crippen molar-refractivity contribution in [3.05, 3.63) is 0 Å². The number of carbonyl (C=O) groups is 1. The van der Waals surface area contributed by atoms with Crippen molar-refractivity contribution in [2.24, 2.45) is 23.0 Å². The lowest BCUT2D eigenvalue weighted by molar-refractivity contribution is -0.148. The van der Waals surface area contributed by atoms with Crippen LogP contribution in [0.25, 0.3) is 0 Å². The van der Waals surface area contributed by atoms with Crippen LogP contribution >= 0.6 is 12.4 Å². The lowest BCUT2D eigenvalue weighted by Gasteiger charge is -2.57. The van der Waals surface area contributed by atoms with Crippen molar-refractivity contribution < 1.29 is 9.90 Å². The number of fused-ring (bicyclic) bond motifs is 1. The van der Waals surface area contributed by atoms with Crippen molar-refractivity contribution in [3.63, 3.8) is 0 Å². The molecular weight excluding hydrogens is 214 g/mol. The maximum absolute atomic E-state index is 10.8. The fourth-order valence-corrected chi connectivity index (χ4v) is 3.58. The monoisotopic (exact) mass is 233 g/mol. The van der Waals surface area contributed by atoms with Gasteiger partial charge in [-0.1, -0.05) is 19.3 Å². The summed E-state index contributed by atoms with van der Waals surface area (Å²) in [4.78, 5) is 10.8. The molecular formula is C11H20ClNO2. The Labute approximate surface area is 96.8 Å². The lowest BCUT2D eigenvalue weighted by Crippen LogP contribution is -2.54. The Morgan fingerprint density at radius 3 is 2.60 bits per heavy atom. The van der Waals surface area contributed by atoms with Crippen molar-refractivity contribution in [1.82, 2.24) is 0 Å². The molecule has 0 heterocycles. The van der Waals surface area contributed by atoms with Crippen LogP contribution in [0.5, 0.6) is 0 Å². The minimum absolute atomic E-state index is 0. The molecule has 3 unspecified atom stereocenters. The molecule has 2 aliphatic rings. The van der Waals surface area contributed by atoms with Gasteiger partial charge >= 0.3 is 5.97 Å². The second-order valence-electron chi connectivity index (χ2n) is 4.99. The van der Waals surface area contributed by atoms with E-state index in [-0.39, 0.29) is 24.2 Å². The molecule has 0 aliphatic heterocycles. The summed E-state index contributed by atoms with van der Waals surface area (Å²) in [5.74, 6) is 0.712. The summed E-state index contributed by atoms with van der Waals surface area (Å²) in [5.41, 5.74) is 5.72. The van der Waals surface area contributed by atoms with E-state index in [4.69, 9.17) is 10.8 Å². The Bertz CT molecular complexity index is 247. The molecule has 2 aliphatic carbocycles. The van der Waals surface area contributed by atoms with Crippen molar-refractivity contribution in [3.8, 4) is 0 Å². The van der Waals surface area contributed by atoms with Gasteiger partial charge in [0.2, 0.25) is 0 Å². The molecule has 0 aromatic rings. The second kappa shape index (κ2) is 4.71. The van der Waals surface area contributed by atoms with Gasteiger partial charge in [0.15, 0.2) is 0 Å². The van der Waals surface area contributed by atoms with Gasteiger partial charge in [-0.3, -0.25) is 4.79 Å². The first-order valence-corrected chi connectivity index (χ1v) is 5.60. The standard InChI is InChI=1S/C11H19NO2.ClH/c12-7-11(6-10(13)14)5-8-3-1-2-4-9(8)11;/h8-9H,1-7,12H2,(H,13,14);1H. The van der Waals surface area contributed by atoms with Crippen LogP contribution in [0.15, 0.2) is 0 Å². The average molecular weight is 234 g/mol. The molecule has 0 saturated heterocycles. The van der Waals surface area contributed by atoms with Gasteiger partial charge in [0, 0.05) is 0 Å². The third kappa shape index (κ3) is 2.13. The van der Waals surface area contributed by atoms with Crippen molar-refractivity contribution in [1.29, 1.82) is 0 Å². The highest BCUT2D eigenvalue weighted by Gasteiger charge is 2.53. The van der Waals surface area contributed by atoms with Gasteiger partial charge in [-0.2, -0.15) is 0 Å². The van der Waals surface area contributed by atoms with Crippen LogP contribution in [0.2, 0.25) is 0 Å². The summed E-state index contributed by atoms with van der Waals surface area (Å²) >= 11 is 0.